The van der Waals surface area contributed by atoms with Gasteiger partial charge in [-0.2, -0.15) is 0 Å². The molecule has 0 aliphatic carbocycles. The van der Waals surface area contributed by atoms with Crippen LogP contribution < -0.4 is 9.47 Å². The first-order valence-electron chi connectivity index (χ1n) is 9.04. The van der Waals surface area contributed by atoms with Gasteiger partial charge in [-0.3, -0.25) is 0 Å². The van der Waals surface area contributed by atoms with Crippen LogP contribution in [0.3, 0.4) is 0 Å². The van der Waals surface area contributed by atoms with Crippen LogP contribution in [0.25, 0.3) is 17.0 Å². The number of fused-ring (bicyclic) bond motifs is 1. The SMILES string of the molecule is CCO/C(=C\c1ccc(OCCn2ccc3cc(OC)ccc32)cc1)C(=O)O. The summed E-state index contributed by atoms with van der Waals surface area (Å²) >= 11 is 0. The predicted molar refractivity (Wildman–Crippen MR) is 108 cm³/mol. The lowest BCUT2D eigenvalue weighted by molar-refractivity contribution is -0.136. The Bertz CT molecular complexity index is 972. The van der Waals surface area contributed by atoms with Crippen LogP contribution in [0.1, 0.15) is 12.5 Å². The molecular formula is C22H23NO5. The van der Waals surface area contributed by atoms with Crippen molar-refractivity contribution in [2.45, 2.75) is 13.5 Å². The van der Waals surface area contributed by atoms with Gasteiger partial charge in [0.25, 0.3) is 0 Å². The van der Waals surface area contributed by atoms with Gasteiger partial charge in [-0.15, -0.1) is 0 Å². The summed E-state index contributed by atoms with van der Waals surface area (Å²) in [7, 11) is 1.66. The third-order valence-corrected chi connectivity index (χ3v) is 4.27. The summed E-state index contributed by atoms with van der Waals surface area (Å²) in [4.78, 5) is 11.1. The molecule has 0 bridgehead atoms. The minimum absolute atomic E-state index is 0.0766. The van der Waals surface area contributed by atoms with Gasteiger partial charge in [-0.05, 0) is 55.0 Å². The highest BCUT2D eigenvalue weighted by Gasteiger charge is 2.08. The number of methoxy groups -OCH3 is 1. The molecule has 0 saturated heterocycles. The van der Waals surface area contributed by atoms with Crippen LogP contribution in [0.5, 0.6) is 11.5 Å². The van der Waals surface area contributed by atoms with E-state index in [1.54, 1.807) is 26.2 Å². The maximum atomic E-state index is 11.1. The highest BCUT2D eigenvalue weighted by atomic mass is 16.5. The number of carbonyl (C=O) groups is 1. The molecule has 0 unspecified atom stereocenters. The summed E-state index contributed by atoms with van der Waals surface area (Å²) in [5.41, 5.74) is 1.87. The van der Waals surface area contributed by atoms with Gasteiger partial charge in [0.05, 0.1) is 20.3 Å². The largest absolute Gasteiger partial charge is 0.497 e. The van der Waals surface area contributed by atoms with Gasteiger partial charge >= 0.3 is 5.97 Å². The number of rotatable bonds is 9. The first kappa shape index (κ1) is 19.4. The molecule has 1 heterocycles. The Morgan fingerprint density at radius 2 is 1.86 bits per heavy atom. The van der Waals surface area contributed by atoms with Crippen molar-refractivity contribution in [2.75, 3.05) is 20.3 Å². The molecule has 0 spiro atoms. The Morgan fingerprint density at radius 3 is 2.54 bits per heavy atom. The zero-order valence-corrected chi connectivity index (χ0v) is 15.9. The predicted octanol–water partition coefficient (Wildman–Crippen LogP) is 4.19. The van der Waals surface area contributed by atoms with Crippen LogP contribution in [0.4, 0.5) is 0 Å². The Hall–Kier alpha value is -3.41. The van der Waals surface area contributed by atoms with E-state index in [1.807, 2.05) is 36.5 Å². The molecule has 3 aromatic rings. The van der Waals surface area contributed by atoms with Crippen LogP contribution in [0.2, 0.25) is 0 Å². The maximum Gasteiger partial charge on any atom is 0.371 e. The molecule has 0 fully saturated rings. The molecular weight excluding hydrogens is 358 g/mol. The third kappa shape index (κ3) is 4.65. The van der Waals surface area contributed by atoms with Gasteiger partial charge < -0.3 is 23.9 Å². The van der Waals surface area contributed by atoms with Crippen LogP contribution in [-0.4, -0.2) is 36.0 Å². The van der Waals surface area contributed by atoms with Crippen molar-refractivity contribution in [2.24, 2.45) is 0 Å². The number of ether oxygens (including phenoxy) is 3. The lowest BCUT2D eigenvalue weighted by Crippen LogP contribution is -2.07. The van der Waals surface area contributed by atoms with E-state index in [0.29, 0.717) is 19.8 Å². The average molecular weight is 381 g/mol. The van der Waals surface area contributed by atoms with Crippen molar-refractivity contribution < 1.29 is 24.1 Å². The van der Waals surface area contributed by atoms with Crippen molar-refractivity contribution >= 4 is 22.9 Å². The molecule has 1 aromatic heterocycles. The maximum absolute atomic E-state index is 11.1. The van der Waals surface area contributed by atoms with E-state index >= 15 is 0 Å². The number of carboxylic acid groups (broad SMARTS) is 1. The van der Waals surface area contributed by atoms with Crippen LogP contribution in [0.15, 0.2) is 60.5 Å². The zero-order chi connectivity index (χ0) is 19.9. The minimum atomic E-state index is -1.08. The van der Waals surface area contributed by atoms with Crippen molar-refractivity contribution in [1.82, 2.24) is 4.57 Å². The van der Waals surface area contributed by atoms with E-state index in [0.717, 1.165) is 28.0 Å². The molecule has 3 rings (SSSR count). The summed E-state index contributed by atoms with van der Waals surface area (Å²) in [5, 5.41) is 10.2. The molecule has 0 saturated carbocycles. The van der Waals surface area contributed by atoms with E-state index in [-0.39, 0.29) is 5.76 Å². The smallest absolute Gasteiger partial charge is 0.371 e. The Labute approximate surface area is 163 Å². The summed E-state index contributed by atoms with van der Waals surface area (Å²) in [6.45, 7) is 3.29. The molecule has 0 aliphatic rings. The van der Waals surface area contributed by atoms with Crippen LogP contribution >= 0.6 is 0 Å². The standard InChI is InChI=1S/C22H23NO5/c1-3-27-21(22(24)25)14-16-4-6-18(7-5-16)28-13-12-23-11-10-17-15-19(26-2)8-9-20(17)23/h4-11,14-15H,3,12-13H2,1-2H3,(H,24,25)/b21-14-. The van der Waals surface area contributed by atoms with E-state index < -0.39 is 5.97 Å². The monoisotopic (exact) mass is 381 g/mol. The summed E-state index contributed by atoms with van der Waals surface area (Å²) < 4.78 is 18.3. The van der Waals surface area contributed by atoms with Crippen molar-refractivity contribution in [3.63, 3.8) is 0 Å². The number of benzene rings is 2. The Kier molecular flexibility index (Phi) is 6.22. The van der Waals surface area contributed by atoms with Gasteiger partial charge in [-0.1, -0.05) is 12.1 Å². The molecule has 6 heteroatoms. The lowest BCUT2D eigenvalue weighted by Gasteiger charge is -2.09. The zero-order valence-electron chi connectivity index (χ0n) is 15.9. The number of aliphatic carboxylic acids is 1. The minimum Gasteiger partial charge on any atom is -0.497 e. The van der Waals surface area contributed by atoms with Gasteiger partial charge in [-0.25, -0.2) is 4.79 Å². The van der Waals surface area contributed by atoms with Gasteiger partial charge in [0.2, 0.25) is 5.76 Å². The topological polar surface area (TPSA) is 69.9 Å². The Balaban J connectivity index is 1.60. The molecule has 0 atom stereocenters. The van der Waals surface area contributed by atoms with Crippen LogP contribution in [-0.2, 0) is 16.1 Å². The molecule has 2 aromatic carbocycles. The second kappa shape index (κ2) is 8.99. The summed E-state index contributed by atoms with van der Waals surface area (Å²) in [6.07, 6.45) is 3.53. The van der Waals surface area contributed by atoms with Crippen molar-refractivity contribution in [3.8, 4) is 11.5 Å². The number of carboxylic acids is 1. The van der Waals surface area contributed by atoms with Crippen molar-refractivity contribution in [1.29, 1.82) is 0 Å². The molecule has 0 radical (unpaired) electrons. The second-order valence-corrected chi connectivity index (χ2v) is 6.10. The molecule has 0 amide bonds. The fraction of sp³-hybridized carbons (Fsp3) is 0.227. The first-order valence-corrected chi connectivity index (χ1v) is 9.04. The summed E-state index contributed by atoms with van der Waals surface area (Å²) in [5.74, 6) is 0.403. The van der Waals surface area contributed by atoms with Crippen molar-refractivity contribution in [3.05, 3.63) is 66.1 Å². The fourth-order valence-corrected chi connectivity index (χ4v) is 2.89. The lowest BCUT2D eigenvalue weighted by atomic mass is 10.2. The molecule has 146 valence electrons. The molecule has 0 aliphatic heterocycles. The van der Waals surface area contributed by atoms with Crippen LogP contribution in [0, 0.1) is 0 Å². The van der Waals surface area contributed by atoms with E-state index in [4.69, 9.17) is 19.3 Å². The average Bonchev–Trinajstić information content (AvgIpc) is 3.11. The second-order valence-electron chi connectivity index (χ2n) is 6.10. The number of aromatic nitrogens is 1. The quantitative estimate of drug-likeness (QED) is 0.445. The Morgan fingerprint density at radius 1 is 1.11 bits per heavy atom. The first-order chi connectivity index (χ1) is 13.6. The summed E-state index contributed by atoms with van der Waals surface area (Å²) in [6, 6.07) is 15.3. The number of hydrogen-bond donors (Lipinski definition) is 1. The molecule has 28 heavy (non-hydrogen) atoms. The fourth-order valence-electron chi connectivity index (χ4n) is 2.89. The third-order valence-electron chi connectivity index (χ3n) is 4.27. The highest BCUT2D eigenvalue weighted by molar-refractivity contribution is 5.89. The number of nitrogens with zero attached hydrogens (tertiary/aromatic N) is 1. The molecule has 1 N–H and O–H groups in total. The van der Waals surface area contributed by atoms with E-state index in [9.17, 15) is 4.79 Å². The normalized spacial score (nSPS) is 11.4. The molecule has 6 nitrogen and oxygen atoms in total. The van der Waals surface area contributed by atoms with Gasteiger partial charge in [0.15, 0.2) is 0 Å². The van der Waals surface area contributed by atoms with Gasteiger partial charge in [0.1, 0.15) is 18.1 Å². The van der Waals surface area contributed by atoms with E-state index in [1.165, 1.54) is 6.08 Å². The van der Waals surface area contributed by atoms with E-state index in [2.05, 4.69) is 10.6 Å². The van der Waals surface area contributed by atoms with Gasteiger partial charge in [0, 0.05) is 17.1 Å². The highest BCUT2D eigenvalue weighted by Crippen LogP contribution is 2.22. The number of hydrogen-bond acceptors (Lipinski definition) is 4.